The van der Waals surface area contributed by atoms with Crippen molar-refractivity contribution in [3.63, 3.8) is 0 Å². The maximum Gasteiger partial charge on any atom is 0.224 e. The molecule has 0 unspecified atom stereocenters. The highest BCUT2D eigenvalue weighted by Gasteiger charge is 2.04. The molecule has 0 saturated heterocycles. The predicted molar refractivity (Wildman–Crippen MR) is 87.6 cm³/mol. The second-order valence-corrected chi connectivity index (χ2v) is 5.85. The van der Waals surface area contributed by atoms with Gasteiger partial charge in [-0.3, -0.25) is 0 Å². The van der Waals surface area contributed by atoms with Gasteiger partial charge in [0, 0.05) is 13.1 Å². The Labute approximate surface area is 127 Å². The Morgan fingerprint density at radius 2 is 1.90 bits per heavy atom. The first-order valence-electron chi connectivity index (χ1n) is 7.63. The highest BCUT2D eigenvalue weighted by molar-refractivity contribution is 6.32. The molecule has 0 bridgehead atoms. The zero-order valence-corrected chi connectivity index (χ0v) is 13.6. The molecular weight excluding hydrogens is 272 g/mol. The van der Waals surface area contributed by atoms with Crippen LogP contribution < -0.4 is 10.6 Å². The Kier molecular flexibility index (Phi) is 8.35. The Hall–Kier alpha value is -1.03. The van der Waals surface area contributed by atoms with Gasteiger partial charge in [0.1, 0.15) is 10.8 Å². The van der Waals surface area contributed by atoms with Crippen molar-refractivity contribution in [3.8, 4) is 0 Å². The molecule has 1 aromatic rings. The standard InChI is InChI=1S/C15H27ClN4/c1-4-17-15-19-11-13(16)14(20-15)18-10-8-6-5-7-9-12(2)3/h11-12H,4-10H2,1-3H3,(H2,17,18,19,20). The lowest BCUT2D eigenvalue weighted by Gasteiger charge is -2.09. The van der Waals surface area contributed by atoms with Crippen LogP contribution in [0.1, 0.15) is 52.9 Å². The summed E-state index contributed by atoms with van der Waals surface area (Å²) >= 11 is 6.08. The molecule has 1 rings (SSSR count). The molecule has 0 aliphatic carbocycles. The molecule has 0 fully saturated rings. The predicted octanol–water partition coefficient (Wildman–Crippen LogP) is 4.58. The van der Waals surface area contributed by atoms with Gasteiger partial charge in [-0.15, -0.1) is 0 Å². The molecule has 1 heterocycles. The largest absolute Gasteiger partial charge is 0.369 e. The van der Waals surface area contributed by atoms with Crippen LogP contribution in [-0.2, 0) is 0 Å². The number of anilines is 2. The summed E-state index contributed by atoms with van der Waals surface area (Å²) in [4.78, 5) is 8.47. The number of nitrogens with zero attached hydrogens (tertiary/aromatic N) is 2. The summed E-state index contributed by atoms with van der Waals surface area (Å²) in [5.74, 6) is 2.16. The summed E-state index contributed by atoms with van der Waals surface area (Å²) in [6.07, 6.45) is 8.00. The molecule has 0 saturated carbocycles. The molecule has 4 nitrogen and oxygen atoms in total. The van der Waals surface area contributed by atoms with E-state index in [4.69, 9.17) is 11.6 Å². The Bertz CT molecular complexity index is 382. The number of unbranched alkanes of at least 4 members (excludes halogenated alkanes) is 3. The minimum atomic E-state index is 0.575. The third kappa shape index (κ3) is 6.94. The lowest BCUT2D eigenvalue weighted by molar-refractivity contribution is 0.523. The quantitative estimate of drug-likeness (QED) is 0.621. The molecule has 0 aliphatic heterocycles. The van der Waals surface area contributed by atoms with Crippen molar-refractivity contribution < 1.29 is 0 Å². The molecule has 114 valence electrons. The smallest absolute Gasteiger partial charge is 0.224 e. The monoisotopic (exact) mass is 298 g/mol. The minimum absolute atomic E-state index is 0.575. The summed E-state index contributed by atoms with van der Waals surface area (Å²) in [6.45, 7) is 8.28. The first-order chi connectivity index (χ1) is 9.63. The van der Waals surface area contributed by atoms with Gasteiger partial charge in [-0.25, -0.2) is 4.98 Å². The number of hydrogen-bond donors (Lipinski definition) is 2. The Morgan fingerprint density at radius 1 is 1.15 bits per heavy atom. The number of nitrogens with one attached hydrogen (secondary N) is 2. The average molecular weight is 299 g/mol. The average Bonchev–Trinajstić information content (AvgIpc) is 2.41. The van der Waals surface area contributed by atoms with Gasteiger partial charge in [0.05, 0.1) is 6.20 Å². The number of rotatable bonds is 10. The summed E-state index contributed by atoms with van der Waals surface area (Å²) in [5, 5.41) is 6.95. The Balaban J connectivity index is 2.22. The van der Waals surface area contributed by atoms with Crippen LogP contribution in [0.5, 0.6) is 0 Å². The van der Waals surface area contributed by atoms with E-state index in [1.54, 1.807) is 6.20 Å². The van der Waals surface area contributed by atoms with Crippen molar-refractivity contribution in [1.29, 1.82) is 0 Å². The molecule has 1 aromatic heterocycles. The number of halogens is 1. The number of hydrogen-bond acceptors (Lipinski definition) is 4. The third-order valence-corrected chi connectivity index (χ3v) is 3.36. The lowest BCUT2D eigenvalue weighted by atomic mass is 10.0. The fourth-order valence-corrected chi connectivity index (χ4v) is 2.13. The lowest BCUT2D eigenvalue weighted by Crippen LogP contribution is -2.08. The van der Waals surface area contributed by atoms with Gasteiger partial charge in [0.15, 0.2) is 0 Å². The topological polar surface area (TPSA) is 49.8 Å². The molecule has 0 radical (unpaired) electrons. The van der Waals surface area contributed by atoms with Crippen LogP contribution in [0.3, 0.4) is 0 Å². The van der Waals surface area contributed by atoms with Crippen LogP contribution in [0.25, 0.3) is 0 Å². The summed E-state index contributed by atoms with van der Waals surface area (Å²) in [5.41, 5.74) is 0. The van der Waals surface area contributed by atoms with E-state index in [1.165, 1.54) is 25.7 Å². The van der Waals surface area contributed by atoms with E-state index >= 15 is 0 Å². The fraction of sp³-hybridized carbons (Fsp3) is 0.733. The van der Waals surface area contributed by atoms with E-state index in [2.05, 4.69) is 34.4 Å². The van der Waals surface area contributed by atoms with E-state index in [0.29, 0.717) is 11.0 Å². The van der Waals surface area contributed by atoms with Gasteiger partial charge < -0.3 is 10.6 Å². The zero-order valence-electron chi connectivity index (χ0n) is 12.9. The molecular formula is C15H27ClN4. The maximum atomic E-state index is 6.08. The van der Waals surface area contributed by atoms with Crippen LogP contribution in [0.15, 0.2) is 6.20 Å². The van der Waals surface area contributed by atoms with E-state index < -0.39 is 0 Å². The van der Waals surface area contributed by atoms with Gasteiger partial charge in [-0.2, -0.15) is 4.98 Å². The molecule has 0 spiro atoms. The molecule has 5 heteroatoms. The molecule has 2 N–H and O–H groups in total. The van der Waals surface area contributed by atoms with Crippen molar-refractivity contribution in [1.82, 2.24) is 9.97 Å². The summed E-state index contributed by atoms with van der Waals surface area (Å²) < 4.78 is 0. The third-order valence-electron chi connectivity index (χ3n) is 3.08. The van der Waals surface area contributed by atoms with Crippen molar-refractivity contribution in [2.75, 3.05) is 23.7 Å². The van der Waals surface area contributed by atoms with E-state index in [0.717, 1.165) is 31.2 Å². The van der Waals surface area contributed by atoms with Crippen molar-refractivity contribution in [2.45, 2.75) is 52.9 Å². The van der Waals surface area contributed by atoms with Crippen molar-refractivity contribution in [2.24, 2.45) is 5.92 Å². The normalized spacial score (nSPS) is 10.8. The number of aromatic nitrogens is 2. The van der Waals surface area contributed by atoms with Gasteiger partial charge in [0.2, 0.25) is 5.95 Å². The van der Waals surface area contributed by atoms with Gasteiger partial charge in [-0.1, -0.05) is 51.1 Å². The second-order valence-electron chi connectivity index (χ2n) is 5.44. The van der Waals surface area contributed by atoms with Crippen LogP contribution in [0, 0.1) is 5.92 Å². The SMILES string of the molecule is CCNc1ncc(Cl)c(NCCCCCCC(C)C)n1. The van der Waals surface area contributed by atoms with Crippen LogP contribution in [-0.4, -0.2) is 23.1 Å². The molecule has 20 heavy (non-hydrogen) atoms. The van der Waals surface area contributed by atoms with Crippen molar-refractivity contribution in [3.05, 3.63) is 11.2 Å². The summed E-state index contributed by atoms with van der Waals surface area (Å²) in [6, 6.07) is 0. The van der Waals surface area contributed by atoms with Crippen LogP contribution in [0.2, 0.25) is 5.02 Å². The van der Waals surface area contributed by atoms with Gasteiger partial charge in [-0.05, 0) is 19.3 Å². The van der Waals surface area contributed by atoms with Gasteiger partial charge in [0.25, 0.3) is 0 Å². The zero-order chi connectivity index (χ0) is 14.8. The van der Waals surface area contributed by atoms with E-state index in [-0.39, 0.29) is 0 Å². The van der Waals surface area contributed by atoms with Crippen LogP contribution in [0.4, 0.5) is 11.8 Å². The maximum absolute atomic E-state index is 6.08. The van der Waals surface area contributed by atoms with Gasteiger partial charge >= 0.3 is 0 Å². The first-order valence-corrected chi connectivity index (χ1v) is 8.01. The van der Waals surface area contributed by atoms with Crippen molar-refractivity contribution >= 4 is 23.4 Å². The second kappa shape index (κ2) is 9.81. The summed E-state index contributed by atoms with van der Waals surface area (Å²) in [7, 11) is 0. The molecule has 0 atom stereocenters. The first kappa shape index (κ1) is 17.0. The minimum Gasteiger partial charge on any atom is -0.369 e. The van der Waals surface area contributed by atoms with E-state index in [9.17, 15) is 0 Å². The molecule has 0 amide bonds. The highest BCUT2D eigenvalue weighted by Crippen LogP contribution is 2.19. The molecule has 0 aliphatic rings. The fourth-order valence-electron chi connectivity index (χ4n) is 1.97. The van der Waals surface area contributed by atoms with Crippen LogP contribution >= 0.6 is 11.6 Å². The van der Waals surface area contributed by atoms with E-state index in [1.807, 2.05) is 6.92 Å². The molecule has 0 aromatic carbocycles. The Morgan fingerprint density at radius 3 is 2.60 bits per heavy atom. The highest BCUT2D eigenvalue weighted by atomic mass is 35.5.